The van der Waals surface area contributed by atoms with Crippen LogP contribution in [0.3, 0.4) is 0 Å². The van der Waals surface area contributed by atoms with Gasteiger partial charge in [-0.25, -0.2) is 4.79 Å². The van der Waals surface area contributed by atoms with Gasteiger partial charge >= 0.3 is 5.97 Å². The number of nitrogen functional groups attached to an aromatic ring is 1. The number of rotatable bonds is 4. The van der Waals surface area contributed by atoms with E-state index >= 15 is 0 Å². The average molecular weight is 272 g/mol. The maximum absolute atomic E-state index is 11.2. The zero-order chi connectivity index (χ0) is 14.5. The smallest absolute Gasteiger partial charge is 0.358 e. The van der Waals surface area contributed by atoms with Gasteiger partial charge < -0.3 is 15.8 Å². The van der Waals surface area contributed by atoms with Crippen molar-refractivity contribution in [1.29, 1.82) is 0 Å². The minimum atomic E-state index is -0.504. The molecule has 6 nitrogen and oxygen atoms in total. The molecule has 0 fully saturated rings. The Balaban J connectivity index is 2.04. The third-order valence-electron chi connectivity index (χ3n) is 3.01. The molecule has 0 aliphatic carbocycles. The van der Waals surface area contributed by atoms with Gasteiger partial charge in [-0.05, 0) is 36.2 Å². The molecule has 0 aliphatic rings. The van der Waals surface area contributed by atoms with Crippen molar-refractivity contribution in [3.8, 4) is 0 Å². The molecule has 2 aromatic rings. The highest BCUT2D eigenvalue weighted by molar-refractivity contribution is 5.86. The maximum Gasteiger partial charge on any atom is 0.358 e. The summed E-state index contributed by atoms with van der Waals surface area (Å²) < 4.78 is 4.56. The quantitative estimate of drug-likeness (QED) is 0.651. The van der Waals surface area contributed by atoms with Crippen molar-refractivity contribution in [3.05, 3.63) is 47.2 Å². The maximum atomic E-state index is 11.2. The van der Waals surface area contributed by atoms with Gasteiger partial charge in [0.2, 0.25) is 0 Å². The fourth-order valence-corrected chi connectivity index (χ4v) is 1.72. The second-order valence-electron chi connectivity index (χ2n) is 4.28. The summed E-state index contributed by atoms with van der Waals surface area (Å²) in [5.74, 6) is 0.0789. The highest BCUT2D eigenvalue weighted by atomic mass is 16.5. The van der Waals surface area contributed by atoms with Crippen LogP contribution in [0.25, 0.3) is 0 Å². The molecule has 20 heavy (non-hydrogen) atoms. The van der Waals surface area contributed by atoms with Crippen LogP contribution in [0.15, 0.2) is 30.3 Å². The fourth-order valence-electron chi connectivity index (χ4n) is 1.72. The van der Waals surface area contributed by atoms with Crippen LogP contribution in [-0.2, 0) is 11.3 Å². The number of benzene rings is 1. The number of methoxy groups -OCH3 is 1. The molecule has 3 N–H and O–H groups in total. The average Bonchev–Trinajstić information content (AvgIpc) is 2.48. The molecule has 0 spiro atoms. The van der Waals surface area contributed by atoms with E-state index in [1.165, 1.54) is 7.11 Å². The molecule has 0 bridgehead atoms. The lowest BCUT2D eigenvalue weighted by Gasteiger charge is -2.09. The van der Waals surface area contributed by atoms with Gasteiger partial charge in [0.15, 0.2) is 5.69 Å². The number of nitrogens with two attached hydrogens (primary N) is 1. The largest absolute Gasteiger partial charge is 0.464 e. The highest BCUT2D eigenvalue weighted by Crippen LogP contribution is 2.16. The molecule has 0 saturated carbocycles. The molecule has 0 saturated heterocycles. The zero-order valence-corrected chi connectivity index (χ0v) is 11.4. The van der Waals surface area contributed by atoms with Gasteiger partial charge in [-0.2, -0.15) is 0 Å². The fraction of sp³-hybridized carbons (Fsp3) is 0.214. The van der Waals surface area contributed by atoms with Crippen molar-refractivity contribution in [3.63, 3.8) is 0 Å². The monoisotopic (exact) mass is 272 g/mol. The summed E-state index contributed by atoms with van der Waals surface area (Å²) in [6.45, 7) is 2.56. The van der Waals surface area contributed by atoms with E-state index in [4.69, 9.17) is 5.73 Å². The van der Waals surface area contributed by atoms with E-state index < -0.39 is 5.97 Å². The summed E-state index contributed by atoms with van der Waals surface area (Å²) in [6, 6.07) is 9.01. The first-order chi connectivity index (χ1) is 9.61. The van der Waals surface area contributed by atoms with Gasteiger partial charge in [-0.3, -0.25) is 0 Å². The lowest BCUT2D eigenvalue weighted by Crippen LogP contribution is -2.08. The Morgan fingerprint density at radius 2 is 2.10 bits per heavy atom. The van der Waals surface area contributed by atoms with E-state index in [-0.39, 0.29) is 5.69 Å². The Morgan fingerprint density at radius 3 is 2.75 bits per heavy atom. The number of aromatic nitrogens is 2. The summed E-state index contributed by atoms with van der Waals surface area (Å²) >= 11 is 0. The summed E-state index contributed by atoms with van der Waals surface area (Å²) in [4.78, 5) is 11.2. The van der Waals surface area contributed by atoms with Gasteiger partial charge in [0.05, 0.1) is 7.11 Å². The summed E-state index contributed by atoms with van der Waals surface area (Å²) in [5, 5.41) is 10.8. The van der Waals surface area contributed by atoms with Gasteiger partial charge in [-0.15, -0.1) is 10.2 Å². The second-order valence-corrected chi connectivity index (χ2v) is 4.28. The molecule has 0 unspecified atom stereocenters. The van der Waals surface area contributed by atoms with Gasteiger partial charge in [0, 0.05) is 12.2 Å². The minimum Gasteiger partial charge on any atom is -0.464 e. The van der Waals surface area contributed by atoms with Crippen molar-refractivity contribution in [2.75, 3.05) is 18.2 Å². The van der Waals surface area contributed by atoms with Gasteiger partial charge in [0.1, 0.15) is 5.82 Å². The van der Waals surface area contributed by atoms with E-state index in [1.54, 1.807) is 12.1 Å². The Hall–Kier alpha value is -2.63. The van der Waals surface area contributed by atoms with E-state index in [2.05, 4.69) is 20.3 Å². The molecule has 6 heteroatoms. The number of carbonyl (C=O) groups excluding carboxylic acids is 1. The Bertz CT molecular complexity index is 611. The Kier molecular flexibility index (Phi) is 4.14. The van der Waals surface area contributed by atoms with Crippen LogP contribution in [0, 0.1) is 6.92 Å². The molecule has 1 heterocycles. The molecular weight excluding hydrogens is 256 g/mol. The number of nitrogens with zero attached hydrogens (tertiary/aromatic N) is 2. The van der Waals surface area contributed by atoms with Crippen LogP contribution in [0.4, 0.5) is 11.5 Å². The summed E-state index contributed by atoms with van der Waals surface area (Å²) in [5.41, 5.74) is 8.92. The minimum absolute atomic E-state index is 0.179. The molecule has 0 radical (unpaired) electrons. The second kappa shape index (κ2) is 6.01. The number of hydrogen-bond donors (Lipinski definition) is 2. The zero-order valence-electron chi connectivity index (χ0n) is 11.4. The highest BCUT2D eigenvalue weighted by Gasteiger charge is 2.07. The van der Waals surface area contributed by atoms with Crippen LogP contribution in [0.5, 0.6) is 0 Å². The number of anilines is 2. The van der Waals surface area contributed by atoms with Crippen LogP contribution < -0.4 is 11.1 Å². The number of esters is 1. The van der Waals surface area contributed by atoms with E-state index in [0.29, 0.717) is 12.4 Å². The van der Waals surface area contributed by atoms with Crippen LogP contribution >= 0.6 is 0 Å². The molecule has 0 aliphatic heterocycles. The van der Waals surface area contributed by atoms with Crippen molar-refractivity contribution in [2.24, 2.45) is 0 Å². The number of carbonyl (C=O) groups is 1. The standard InChI is InChI=1S/C14H16N4O2/c1-9-10(4-3-5-11(9)15)8-16-13-7-6-12(17-18-13)14(19)20-2/h3-7H,8,15H2,1-2H3,(H,16,18). The topological polar surface area (TPSA) is 90.1 Å². The van der Waals surface area contributed by atoms with Crippen LogP contribution in [0.1, 0.15) is 21.6 Å². The molecule has 0 amide bonds. The predicted octanol–water partition coefficient (Wildman–Crippen LogP) is 1.77. The van der Waals surface area contributed by atoms with Crippen LogP contribution in [0.2, 0.25) is 0 Å². The van der Waals surface area contributed by atoms with Crippen LogP contribution in [-0.4, -0.2) is 23.3 Å². The molecule has 0 atom stereocenters. The first-order valence-corrected chi connectivity index (χ1v) is 6.11. The molecule has 1 aromatic heterocycles. The van der Waals surface area contributed by atoms with Crippen molar-refractivity contribution >= 4 is 17.5 Å². The van der Waals surface area contributed by atoms with Crippen molar-refractivity contribution in [2.45, 2.75) is 13.5 Å². The molecule has 1 aromatic carbocycles. The number of nitrogens with one attached hydrogen (secondary N) is 1. The molecule has 2 rings (SSSR count). The summed E-state index contributed by atoms with van der Waals surface area (Å²) in [7, 11) is 1.30. The lowest BCUT2D eigenvalue weighted by molar-refractivity contribution is 0.0593. The van der Waals surface area contributed by atoms with Gasteiger partial charge in [-0.1, -0.05) is 12.1 Å². The predicted molar refractivity (Wildman–Crippen MR) is 76.3 cm³/mol. The van der Waals surface area contributed by atoms with Crippen molar-refractivity contribution in [1.82, 2.24) is 10.2 Å². The first-order valence-electron chi connectivity index (χ1n) is 6.11. The SMILES string of the molecule is COC(=O)c1ccc(NCc2cccc(N)c2C)nn1. The van der Waals surface area contributed by atoms with E-state index in [9.17, 15) is 4.79 Å². The van der Waals surface area contributed by atoms with E-state index in [0.717, 1.165) is 16.8 Å². The number of hydrogen-bond acceptors (Lipinski definition) is 6. The first kappa shape index (κ1) is 13.8. The third-order valence-corrected chi connectivity index (χ3v) is 3.01. The normalized spacial score (nSPS) is 10.1. The van der Waals surface area contributed by atoms with Crippen molar-refractivity contribution < 1.29 is 9.53 Å². The third kappa shape index (κ3) is 3.03. The number of ether oxygens (including phenoxy) is 1. The molecular formula is C14H16N4O2. The summed E-state index contributed by atoms with van der Waals surface area (Å²) in [6.07, 6.45) is 0. The Labute approximate surface area is 117 Å². The lowest BCUT2D eigenvalue weighted by atomic mass is 10.1. The van der Waals surface area contributed by atoms with E-state index in [1.807, 2.05) is 25.1 Å². The molecule has 104 valence electrons. The van der Waals surface area contributed by atoms with Gasteiger partial charge in [0.25, 0.3) is 0 Å². The Morgan fingerprint density at radius 1 is 1.30 bits per heavy atom.